The summed E-state index contributed by atoms with van der Waals surface area (Å²) in [6.07, 6.45) is 0. The second-order valence-corrected chi connectivity index (χ2v) is 1.44. The average molecular weight is 177 g/mol. The summed E-state index contributed by atoms with van der Waals surface area (Å²) in [6.45, 7) is 1.81. The molecule has 11 heavy (non-hydrogen) atoms. The number of hydrogen-bond donors (Lipinski definition) is 0. The molecule has 0 bridgehead atoms. The Labute approximate surface area is 108 Å². The van der Waals surface area contributed by atoms with E-state index in [1.165, 1.54) is 12.1 Å². The van der Waals surface area contributed by atoms with Crippen molar-refractivity contribution in [3.63, 3.8) is 0 Å². The number of hydrogen-bond acceptors (Lipinski definition) is 4. The van der Waals surface area contributed by atoms with Gasteiger partial charge < -0.3 is 4.74 Å². The SMILES string of the molecule is CCOC(=O)C(C#N)C#N.[K+]. The Bertz CT molecular complexity index is 190. The Morgan fingerprint density at radius 2 is 2.00 bits per heavy atom. The zero-order valence-electron chi connectivity index (χ0n) is 6.50. The minimum Gasteiger partial charge on any atom is -0.464 e. The molecular formula is C6H6KN2O2+. The predicted molar refractivity (Wildman–Crippen MR) is 31.3 cm³/mol. The molecule has 0 atom stereocenters. The molecule has 0 aromatic rings. The van der Waals surface area contributed by atoms with Crippen LogP contribution in [0.15, 0.2) is 0 Å². The fraction of sp³-hybridized carbons (Fsp3) is 0.500. The summed E-state index contributed by atoms with van der Waals surface area (Å²) in [5.41, 5.74) is 0. The second-order valence-electron chi connectivity index (χ2n) is 1.44. The molecule has 0 N–H and O–H groups in total. The molecular weight excluding hydrogens is 171 g/mol. The van der Waals surface area contributed by atoms with Gasteiger partial charge in [-0.15, -0.1) is 0 Å². The van der Waals surface area contributed by atoms with E-state index >= 15 is 0 Å². The van der Waals surface area contributed by atoms with Crippen molar-refractivity contribution in [1.29, 1.82) is 10.5 Å². The summed E-state index contributed by atoms with van der Waals surface area (Å²) in [4.78, 5) is 10.5. The van der Waals surface area contributed by atoms with Crippen molar-refractivity contribution in [1.82, 2.24) is 0 Å². The zero-order chi connectivity index (χ0) is 7.98. The van der Waals surface area contributed by atoms with E-state index < -0.39 is 11.9 Å². The summed E-state index contributed by atoms with van der Waals surface area (Å²) >= 11 is 0. The van der Waals surface area contributed by atoms with Gasteiger partial charge >= 0.3 is 57.4 Å². The maximum absolute atomic E-state index is 10.5. The minimum atomic E-state index is -1.28. The van der Waals surface area contributed by atoms with E-state index in [2.05, 4.69) is 4.74 Å². The van der Waals surface area contributed by atoms with E-state index in [-0.39, 0.29) is 58.0 Å². The Morgan fingerprint density at radius 1 is 1.55 bits per heavy atom. The van der Waals surface area contributed by atoms with Gasteiger partial charge in [0.15, 0.2) is 0 Å². The largest absolute Gasteiger partial charge is 1.00 e. The Balaban J connectivity index is 0. The molecule has 0 fully saturated rings. The first kappa shape index (κ1) is 13.7. The van der Waals surface area contributed by atoms with Crippen LogP contribution in [0.3, 0.4) is 0 Å². The molecule has 0 saturated heterocycles. The van der Waals surface area contributed by atoms with Crippen molar-refractivity contribution in [2.24, 2.45) is 5.92 Å². The van der Waals surface area contributed by atoms with Crippen molar-refractivity contribution in [3.05, 3.63) is 0 Å². The molecule has 0 heterocycles. The molecule has 0 aliphatic rings. The fourth-order valence-electron chi connectivity index (χ4n) is 0.360. The van der Waals surface area contributed by atoms with Gasteiger partial charge in [0.05, 0.1) is 18.7 Å². The first-order valence-corrected chi connectivity index (χ1v) is 2.72. The molecule has 52 valence electrons. The van der Waals surface area contributed by atoms with Gasteiger partial charge in [-0.3, -0.25) is 0 Å². The standard InChI is InChI=1S/C6H6N2O2.K/c1-2-10-6(9)5(3-7)4-8;/h5H,2H2,1H3;/q;+1. The summed E-state index contributed by atoms with van der Waals surface area (Å²) in [5.74, 6) is -2.05. The summed E-state index contributed by atoms with van der Waals surface area (Å²) in [7, 11) is 0. The number of carbonyl (C=O) groups excluding carboxylic acids is 1. The molecule has 0 radical (unpaired) electrons. The monoisotopic (exact) mass is 177 g/mol. The molecule has 0 aromatic heterocycles. The molecule has 0 rings (SSSR count). The number of nitriles is 2. The van der Waals surface area contributed by atoms with Crippen LogP contribution in [0.5, 0.6) is 0 Å². The van der Waals surface area contributed by atoms with E-state index in [4.69, 9.17) is 10.5 Å². The van der Waals surface area contributed by atoms with Crippen LogP contribution in [0.1, 0.15) is 6.92 Å². The second kappa shape index (κ2) is 8.19. The van der Waals surface area contributed by atoms with Crippen molar-refractivity contribution >= 4 is 5.97 Å². The van der Waals surface area contributed by atoms with Gasteiger partial charge in [-0.1, -0.05) is 0 Å². The molecule has 0 unspecified atom stereocenters. The van der Waals surface area contributed by atoms with E-state index in [0.29, 0.717) is 0 Å². The number of nitrogens with zero attached hydrogens (tertiary/aromatic N) is 2. The number of carbonyl (C=O) groups is 1. The molecule has 0 spiro atoms. The number of ether oxygens (including phenoxy) is 1. The summed E-state index contributed by atoms with van der Waals surface area (Å²) in [5, 5.41) is 16.3. The average Bonchev–Trinajstić information content (AvgIpc) is 1.91. The first-order valence-electron chi connectivity index (χ1n) is 2.72. The normalized spacial score (nSPS) is 7.27. The van der Waals surface area contributed by atoms with E-state index in [0.717, 1.165) is 0 Å². The van der Waals surface area contributed by atoms with Crippen molar-refractivity contribution < 1.29 is 60.9 Å². The topological polar surface area (TPSA) is 73.9 Å². The van der Waals surface area contributed by atoms with Gasteiger partial charge in [-0.2, -0.15) is 10.5 Å². The van der Waals surface area contributed by atoms with Crippen LogP contribution in [0.25, 0.3) is 0 Å². The summed E-state index contributed by atoms with van der Waals surface area (Å²) < 4.78 is 4.40. The van der Waals surface area contributed by atoms with Gasteiger partial charge in [0, 0.05) is 0 Å². The van der Waals surface area contributed by atoms with Gasteiger partial charge in [0.1, 0.15) is 0 Å². The molecule has 0 aliphatic heterocycles. The van der Waals surface area contributed by atoms with Crippen LogP contribution in [-0.4, -0.2) is 12.6 Å². The van der Waals surface area contributed by atoms with Crippen LogP contribution >= 0.6 is 0 Å². The van der Waals surface area contributed by atoms with Crippen molar-refractivity contribution in [2.75, 3.05) is 6.61 Å². The molecule has 0 amide bonds. The van der Waals surface area contributed by atoms with Crippen LogP contribution < -0.4 is 51.4 Å². The fourth-order valence-corrected chi connectivity index (χ4v) is 0.360. The van der Waals surface area contributed by atoms with Crippen LogP contribution in [-0.2, 0) is 9.53 Å². The van der Waals surface area contributed by atoms with Crippen molar-refractivity contribution in [3.8, 4) is 12.1 Å². The third kappa shape index (κ3) is 5.37. The maximum Gasteiger partial charge on any atom is 1.00 e. The smallest absolute Gasteiger partial charge is 0.464 e. The number of rotatable bonds is 2. The summed E-state index contributed by atoms with van der Waals surface area (Å²) in [6, 6.07) is 3.00. The Kier molecular flexibility index (Phi) is 10.2. The van der Waals surface area contributed by atoms with Gasteiger partial charge in [-0.05, 0) is 6.92 Å². The van der Waals surface area contributed by atoms with Gasteiger partial charge in [0.2, 0.25) is 5.92 Å². The molecule has 4 nitrogen and oxygen atoms in total. The van der Waals surface area contributed by atoms with Crippen molar-refractivity contribution in [2.45, 2.75) is 6.92 Å². The molecule has 0 saturated carbocycles. The van der Waals surface area contributed by atoms with E-state index in [1.54, 1.807) is 6.92 Å². The zero-order valence-corrected chi connectivity index (χ0v) is 9.62. The van der Waals surface area contributed by atoms with Gasteiger partial charge in [0.25, 0.3) is 0 Å². The quantitative estimate of drug-likeness (QED) is 0.338. The minimum absolute atomic E-state index is 0. The predicted octanol–water partition coefficient (Wildman–Crippen LogP) is -2.78. The molecule has 0 aliphatic carbocycles. The Hall–Kier alpha value is 0.0864. The maximum atomic E-state index is 10.5. The van der Waals surface area contributed by atoms with Crippen LogP contribution in [0.2, 0.25) is 0 Å². The van der Waals surface area contributed by atoms with Crippen LogP contribution in [0, 0.1) is 28.6 Å². The third-order valence-electron chi connectivity index (χ3n) is 0.780. The molecule has 0 aromatic carbocycles. The number of esters is 1. The van der Waals surface area contributed by atoms with Crippen LogP contribution in [0.4, 0.5) is 0 Å². The van der Waals surface area contributed by atoms with Gasteiger partial charge in [-0.25, -0.2) is 4.79 Å². The molecule has 5 heteroatoms. The third-order valence-corrected chi connectivity index (χ3v) is 0.780. The Morgan fingerprint density at radius 3 is 2.27 bits per heavy atom. The van der Waals surface area contributed by atoms with E-state index in [9.17, 15) is 4.79 Å². The van der Waals surface area contributed by atoms with E-state index in [1.807, 2.05) is 0 Å². The first-order chi connectivity index (χ1) is 4.76.